The first-order chi connectivity index (χ1) is 18.6. The van der Waals surface area contributed by atoms with Crippen LogP contribution in [-0.2, 0) is 24.0 Å². The summed E-state index contributed by atoms with van der Waals surface area (Å²) in [6.07, 6.45) is 1.39. The Morgan fingerprint density at radius 1 is 0.789 bits per heavy atom. The van der Waals surface area contributed by atoms with E-state index in [-0.39, 0.29) is 35.8 Å². The smallest absolute Gasteiger partial charge is 0.237 e. The minimum absolute atomic E-state index is 0.00626. The van der Waals surface area contributed by atoms with Gasteiger partial charge < -0.3 is 4.74 Å². The Bertz CT molecular complexity index is 1340. The van der Waals surface area contributed by atoms with Gasteiger partial charge in [-0.15, -0.1) is 0 Å². The van der Waals surface area contributed by atoms with Crippen LogP contribution in [0.1, 0.15) is 42.4 Å². The predicted molar refractivity (Wildman–Crippen MR) is 139 cm³/mol. The number of ether oxygens (including phenoxy) is 1. The molecule has 0 radical (unpaired) electrons. The lowest BCUT2D eigenvalue weighted by Gasteiger charge is -2.54. The highest BCUT2D eigenvalue weighted by Gasteiger charge is 2.66. The van der Waals surface area contributed by atoms with Crippen LogP contribution in [0.25, 0.3) is 0 Å². The van der Waals surface area contributed by atoms with Crippen LogP contribution in [0.2, 0.25) is 0 Å². The van der Waals surface area contributed by atoms with Crippen molar-refractivity contribution in [3.63, 3.8) is 0 Å². The Morgan fingerprint density at radius 3 is 2.05 bits per heavy atom. The molecule has 0 aromatic heterocycles. The molecule has 1 aliphatic carbocycles. The average Bonchev–Trinajstić information content (AvgIpc) is 3.49. The first-order valence-corrected chi connectivity index (χ1v) is 13.3. The average molecular weight is 511 g/mol. The molecule has 3 aromatic carbocycles. The van der Waals surface area contributed by atoms with Gasteiger partial charge >= 0.3 is 0 Å². The van der Waals surface area contributed by atoms with Gasteiger partial charge in [0.2, 0.25) is 11.8 Å². The maximum absolute atomic E-state index is 13.7. The van der Waals surface area contributed by atoms with Gasteiger partial charge in [0.1, 0.15) is 6.10 Å². The number of imide groups is 1. The SMILES string of the molecule is CO[C@@]12C[C@@H]3C(=O)N(c4ccccc4)C(=O)[C@@H]3C[C@@H]1[C@@H](c1ccccc1)C1CC(c3ccccc3)ON1O2. The third-order valence-corrected chi connectivity index (χ3v) is 8.90. The number of nitrogens with zero attached hydrogens (tertiary/aromatic N) is 2. The number of carbonyl (C=O) groups excluding carboxylic acids is 2. The monoisotopic (exact) mass is 510 g/mol. The number of carbonyl (C=O) groups is 2. The summed E-state index contributed by atoms with van der Waals surface area (Å²) in [6.45, 7) is 0. The van der Waals surface area contributed by atoms with E-state index in [9.17, 15) is 9.59 Å². The summed E-state index contributed by atoms with van der Waals surface area (Å²) in [5, 5.41) is 1.63. The molecule has 7 rings (SSSR count). The quantitative estimate of drug-likeness (QED) is 0.459. The Kier molecular flexibility index (Phi) is 5.70. The Morgan fingerprint density at radius 2 is 1.39 bits per heavy atom. The van der Waals surface area contributed by atoms with E-state index in [1.54, 1.807) is 12.3 Å². The molecule has 7 atom stereocenters. The molecule has 3 aliphatic heterocycles. The zero-order chi connectivity index (χ0) is 25.9. The molecule has 2 amide bonds. The van der Waals surface area contributed by atoms with Gasteiger partial charge in [0.15, 0.2) is 5.79 Å². The van der Waals surface area contributed by atoms with Crippen molar-refractivity contribution in [3.8, 4) is 0 Å². The van der Waals surface area contributed by atoms with Crippen LogP contribution in [0.15, 0.2) is 91.0 Å². The van der Waals surface area contributed by atoms with Crippen molar-refractivity contribution < 1.29 is 24.0 Å². The van der Waals surface area contributed by atoms with Crippen molar-refractivity contribution in [2.24, 2.45) is 17.8 Å². The molecule has 1 saturated carbocycles. The van der Waals surface area contributed by atoms with Crippen LogP contribution in [0.3, 0.4) is 0 Å². The highest BCUT2D eigenvalue weighted by atomic mass is 17.0. The second-order valence-corrected chi connectivity index (χ2v) is 10.7. The number of rotatable bonds is 4. The molecule has 0 N–H and O–H groups in total. The number of anilines is 1. The van der Waals surface area contributed by atoms with Crippen molar-refractivity contribution in [1.29, 1.82) is 0 Å². The molecule has 7 heteroatoms. The van der Waals surface area contributed by atoms with E-state index in [0.717, 1.165) is 17.5 Å². The fourth-order valence-electron chi connectivity index (χ4n) is 7.15. The van der Waals surface area contributed by atoms with Crippen molar-refractivity contribution in [3.05, 3.63) is 102 Å². The topological polar surface area (TPSA) is 68.3 Å². The summed E-state index contributed by atoms with van der Waals surface area (Å²) in [5.74, 6) is -2.48. The minimum atomic E-state index is -1.09. The van der Waals surface area contributed by atoms with Crippen molar-refractivity contribution in [1.82, 2.24) is 5.23 Å². The van der Waals surface area contributed by atoms with Gasteiger partial charge in [0.25, 0.3) is 0 Å². The van der Waals surface area contributed by atoms with E-state index in [2.05, 4.69) is 24.3 Å². The number of fused-ring (bicyclic) bond motifs is 3. The zero-order valence-corrected chi connectivity index (χ0v) is 21.2. The summed E-state index contributed by atoms with van der Waals surface area (Å²) in [6, 6.07) is 29.6. The third kappa shape index (κ3) is 3.57. The Hall–Kier alpha value is -3.36. The van der Waals surface area contributed by atoms with Crippen LogP contribution >= 0.6 is 0 Å². The van der Waals surface area contributed by atoms with Crippen LogP contribution in [0.5, 0.6) is 0 Å². The first kappa shape index (κ1) is 23.7. The lowest BCUT2D eigenvalue weighted by atomic mass is 9.63. The van der Waals surface area contributed by atoms with E-state index in [1.807, 2.05) is 66.7 Å². The predicted octanol–water partition coefficient (Wildman–Crippen LogP) is 5.02. The molecule has 38 heavy (non-hydrogen) atoms. The standard InChI is InChI=1S/C31H30N2O5/c1-36-31-19-24-23(29(34)32(30(24)35)22-15-9-4-10-16-22)17-25(31)28(21-13-7-3-8-14-21)26-18-27(37-33(26)38-31)20-11-5-2-6-12-20/h2-16,23-28H,17-19H2,1H3/t23-,24+,25-,26?,27?,28-,31-/m1/s1. The molecule has 3 heterocycles. The van der Waals surface area contributed by atoms with Crippen molar-refractivity contribution in [2.45, 2.75) is 43.1 Å². The third-order valence-electron chi connectivity index (χ3n) is 8.90. The highest BCUT2D eigenvalue weighted by molar-refractivity contribution is 6.22. The summed E-state index contributed by atoms with van der Waals surface area (Å²) in [7, 11) is 1.64. The molecule has 3 saturated heterocycles. The fourth-order valence-corrected chi connectivity index (χ4v) is 7.15. The summed E-state index contributed by atoms with van der Waals surface area (Å²) >= 11 is 0. The number of para-hydroxylation sites is 1. The normalized spacial score (nSPS) is 34.6. The lowest BCUT2D eigenvalue weighted by Crippen LogP contribution is -2.62. The second-order valence-electron chi connectivity index (χ2n) is 10.7. The van der Waals surface area contributed by atoms with Gasteiger partial charge in [-0.25, -0.2) is 4.84 Å². The molecule has 2 unspecified atom stereocenters. The number of hydrogen-bond acceptors (Lipinski definition) is 6. The molecule has 3 aromatic rings. The largest absolute Gasteiger partial charge is 0.351 e. The van der Waals surface area contributed by atoms with Crippen molar-refractivity contribution >= 4 is 17.5 Å². The molecular weight excluding hydrogens is 480 g/mol. The summed E-state index contributed by atoms with van der Waals surface area (Å²) in [4.78, 5) is 41.7. The first-order valence-electron chi connectivity index (χ1n) is 13.3. The molecule has 0 bridgehead atoms. The van der Waals surface area contributed by atoms with Gasteiger partial charge in [0, 0.05) is 31.8 Å². The number of methoxy groups -OCH3 is 1. The van der Waals surface area contributed by atoms with E-state index in [4.69, 9.17) is 14.4 Å². The van der Waals surface area contributed by atoms with Crippen molar-refractivity contribution in [2.75, 3.05) is 12.0 Å². The van der Waals surface area contributed by atoms with E-state index in [1.165, 1.54) is 4.90 Å². The fraction of sp³-hybridized carbons (Fsp3) is 0.355. The second kappa shape index (κ2) is 9.13. The summed E-state index contributed by atoms with van der Waals surface area (Å²) < 4.78 is 6.19. The molecule has 0 spiro atoms. The lowest BCUT2D eigenvalue weighted by molar-refractivity contribution is -0.493. The molecule has 7 nitrogen and oxygen atoms in total. The Labute approximate surface area is 221 Å². The number of amides is 2. The maximum Gasteiger partial charge on any atom is 0.237 e. The van der Waals surface area contributed by atoms with Gasteiger partial charge in [-0.3, -0.25) is 19.3 Å². The zero-order valence-electron chi connectivity index (χ0n) is 21.2. The molecule has 4 fully saturated rings. The molecule has 4 aliphatic rings. The number of hydrogen-bond donors (Lipinski definition) is 0. The van der Waals surface area contributed by atoms with Gasteiger partial charge in [0.05, 0.1) is 23.6 Å². The highest BCUT2D eigenvalue weighted by Crippen LogP contribution is 2.59. The van der Waals surface area contributed by atoms with E-state index < -0.39 is 17.6 Å². The van der Waals surface area contributed by atoms with Gasteiger partial charge in [-0.05, 0) is 29.7 Å². The Balaban J connectivity index is 1.28. The maximum atomic E-state index is 13.7. The van der Waals surface area contributed by atoms with E-state index in [0.29, 0.717) is 18.5 Å². The van der Waals surface area contributed by atoms with Crippen LogP contribution < -0.4 is 4.90 Å². The van der Waals surface area contributed by atoms with E-state index >= 15 is 0 Å². The number of benzene rings is 3. The van der Waals surface area contributed by atoms with Crippen LogP contribution in [-0.4, -0.2) is 36.0 Å². The van der Waals surface area contributed by atoms with Gasteiger partial charge in [-0.1, -0.05) is 84.1 Å². The van der Waals surface area contributed by atoms with Crippen LogP contribution in [0.4, 0.5) is 5.69 Å². The molecular formula is C31H30N2O5. The summed E-state index contributed by atoms with van der Waals surface area (Å²) in [5.41, 5.74) is 2.86. The minimum Gasteiger partial charge on any atom is -0.351 e. The number of hydroxylamine groups is 2. The molecule has 194 valence electrons. The van der Waals surface area contributed by atoms with Gasteiger partial charge in [-0.2, -0.15) is 0 Å². The van der Waals surface area contributed by atoms with Crippen LogP contribution in [0, 0.1) is 17.8 Å².